The van der Waals surface area contributed by atoms with Crippen molar-refractivity contribution in [3.8, 4) is 0 Å². The molecular formula is C21H23ClN4O2S. The van der Waals surface area contributed by atoms with Crippen molar-refractivity contribution >= 4 is 29.3 Å². The Morgan fingerprint density at radius 2 is 2.10 bits per heavy atom. The van der Waals surface area contributed by atoms with Crippen LogP contribution < -0.4 is 5.32 Å². The van der Waals surface area contributed by atoms with Crippen LogP contribution >= 0.6 is 23.4 Å². The molecule has 0 bridgehead atoms. The van der Waals surface area contributed by atoms with E-state index in [9.17, 15) is 4.79 Å². The number of carbonyl (C=O) groups excluding carboxylic acids is 1. The molecular weight excluding hydrogens is 408 g/mol. The number of hydrogen-bond donors (Lipinski definition) is 1. The Morgan fingerprint density at radius 1 is 1.31 bits per heavy atom. The van der Waals surface area contributed by atoms with Gasteiger partial charge in [0, 0.05) is 10.9 Å². The molecule has 3 aromatic rings. The molecule has 1 atom stereocenters. The number of aromatic nitrogens is 3. The minimum atomic E-state index is -0.0385. The van der Waals surface area contributed by atoms with Gasteiger partial charge in [0.25, 0.3) is 0 Å². The van der Waals surface area contributed by atoms with Gasteiger partial charge in [-0.3, -0.25) is 9.36 Å². The van der Waals surface area contributed by atoms with Crippen molar-refractivity contribution in [2.24, 2.45) is 0 Å². The number of carbonyl (C=O) groups is 1. The fraction of sp³-hybridized carbons (Fsp3) is 0.381. The lowest BCUT2D eigenvalue weighted by Crippen LogP contribution is -2.29. The number of furan rings is 1. The van der Waals surface area contributed by atoms with Crippen molar-refractivity contribution in [1.82, 2.24) is 20.1 Å². The molecule has 0 aliphatic heterocycles. The molecule has 1 aromatic carbocycles. The maximum Gasteiger partial charge on any atom is 0.230 e. The zero-order chi connectivity index (χ0) is 20.2. The normalized spacial score (nSPS) is 14.7. The van der Waals surface area contributed by atoms with Crippen LogP contribution in [0.3, 0.4) is 0 Å². The molecule has 8 heteroatoms. The second-order valence-corrected chi connectivity index (χ2v) is 8.53. The van der Waals surface area contributed by atoms with Crippen LogP contribution in [-0.2, 0) is 11.3 Å². The fourth-order valence-electron chi connectivity index (χ4n) is 3.24. The first-order valence-electron chi connectivity index (χ1n) is 9.77. The largest absolute Gasteiger partial charge is 0.467 e. The summed E-state index contributed by atoms with van der Waals surface area (Å²) in [6, 6.07) is 11.4. The summed E-state index contributed by atoms with van der Waals surface area (Å²) >= 11 is 7.37. The van der Waals surface area contributed by atoms with Crippen LogP contribution in [0.2, 0.25) is 5.02 Å². The number of nitrogens with one attached hydrogen (secondary N) is 1. The topological polar surface area (TPSA) is 73.0 Å². The van der Waals surface area contributed by atoms with Crippen molar-refractivity contribution in [3.63, 3.8) is 0 Å². The highest BCUT2D eigenvalue weighted by Gasteiger charge is 2.31. The lowest BCUT2D eigenvalue weighted by molar-refractivity contribution is -0.119. The summed E-state index contributed by atoms with van der Waals surface area (Å²) < 4.78 is 7.57. The van der Waals surface area contributed by atoms with E-state index in [2.05, 4.69) is 27.0 Å². The van der Waals surface area contributed by atoms with Gasteiger partial charge in [0.1, 0.15) is 11.6 Å². The quantitative estimate of drug-likeness (QED) is 0.493. The highest BCUT2D eigenvalue weighted by molar-refractivity contribution is 7.99. The van der Waals surface area contributed by atoms with E-state index < -0.39 is 0 Å². The van der Waals surface area contributed by atoms with E-state index in [-0.39, 0.29) is 17.7 Å². The molecule has 29 heavy (non-hydrogen) atoms. The Bertz CT molecular complexity index is 952. The van der Waals surface area contributed by atoms with Gasteiger partial charge >= 0.3 is 0 Å². The van der Waals surface area contributed by atoms with Crippen LogP contribution in [0.4, 0.5) is 0 Å². The molecule has 1 aliphatic carbocycles. The van der Waals surface area contributed by atoms with E-state index in [4.69, 9.17) is 16.0 Å². The Labute approximate surface area is 179 Å². The molecule has 1 saturated carbocycles. The van der Waals surface area contributed by atoms with Gasteiger partial charge < -0.3 is 9.73 Å². The van der Waals surface area contributed by atoms with Crippen LogP contribution in [0.5, 0.6) is 0 Å². The van der Waals surface area contributed by atoms with Gasteiger partial charge in [-0.05, 0) is 49.1 Å². The summed E-state index contributed by atoms with van der Waals surface area (Å²) in [6.45, 7) is 2.63. The van der Waals surface area contributed by atoms with Gasteiger partial charge in [0.05, 0.1) is 24.6 Å². The van der Waals surface area contributed by atoms with Crippen molar-refractivity contribution in [2.75, 3.05) is 5.75 Å². The molecule has 0 radical (unpaired) electrons. The van der Waals surface area contributed by atoms with Gasteiger partial charge in [0.2, 0.25) is 5.91 Å². The summed E-state index contributed by atoms with van der Waals surface area (Å²) in [5, 5.41) is 13.2. The maximum absolute atomic E-state index is 12.6. The lowest BCUT2D eigenvalue weighted by atomic mass is 10.0. The molecule has 4 rings (SSSR count). The van der Waals surface area contributed by atoms with Gasteiger partial charge in [-0.25, -0.2) is 0 Å². The van der Waals surface area contributed by atoms with E-state index in [1.807, 2.05) is 36.4 Å². The summed E-state index contributed by atoms with van der Waals surface area (Å²) in [5.74, 6) is 2.56. The Kier molecular flexibility index (Phi) is 6.25. The summed E-state index contributed by atoms with van der Waals surface area (Å²) in [6.07, 6.45) is 4.75. The van der Waals surface area contributed by atoms with E-state index in [1.54, 1.807) is 6.26 Å². The highest BCUT2D eigenvalue weighted by Crippen LogP contribution is 2.40. The first-order valence-corrected chi connectivity index (χ1v) is 11.1. The Hall–Kier alpha value is -2.25. The number of rotatable bonds is 9. The predicted molar refractivity (Wildman–Crippen MR) is 113 cm³/mol. The SMILES string of the molecule is CCC(NC(=O)CSc1nnc(C2CC2)n1Cc1ccco1)c1ccc(Cl)cc1. The number of hydrogen-bond acceptors (Lipinski definition) is 5. The Balaban J connectivity index is 1.40. The van der Waals surface area contributed by atoms with Crippen molar-refractivity contribution in [3.05, 3.63) is 64.8 Å². The summed E-state index contributed by atoms with van der Waals surface area (Å²) in [5.41, 5.74) is 1.05. The number of benzene rings is 1. The van der Waals surface area contributed by atoms with Crippen molar-refractivity contribution in [1.29, 1.82) is 0 Å². The van der Waals surface area contributed by atoms with Gasteiger partial charge in [-0.2, -0.15) is 0 Å². The average Bonchev–Trinajstić information content (AvgIpc) is 3.29. The van der Waals surface area contributed by atoms with Crippen molar-refractivity contribution in [2.45, 2.75) is 49.8 Å². The first-order chi connectivity index (χ1) is 14.1. The molecule has 1 aliphatic rings. The zero-order valence-electron chi connectivity index (χ0n) is 16.2. The van der Waals surface area contributed by atoms with Crippen molar-refractivity contribution < 1.29 is 9.21 Å². The number of amides is 1. The Morgan fingerprint density at radius 3 is 2.76 bits per heavy atom. The second kappa shape index (κ2) is 9.05. The monoisotopic (exact) mass is 430 g/mol. The molecule has 0 spiro atoms. The van der Waals surface area contributed by atoms with E-state index in [0.29, 0.717) is 17.5 Å². The van der Waals surface area contributed by atoms with E-state index in [1.165, 1.54) is 11.8 Å². The smallest absolute Gasteiger partial charge is 0.230 e. The molecule has 6 nitrogen and oxygen atoms in total. The maximum atomic E-state index is 12.6. The highest BCUT2D eigenvalue weighted by atomic mass is 35.5. The van der Waals surface area contributed by atoms with Gasteiger partial charge in [0.15, 0.2) is 5.16 Å². The summed E-state index contributed by atoms with van der Waals surface area (Å²) in [7, 11) is 0. The van der Waals surface area contributed by atoms with E-state index >= 15 is 0 Å². The molecule has 2 heterocycles. The van der Waals surface area contributed by atoms with Crippen LogP contribution in [0.1, 0.15) is 55.3 Å². The molecule has 1 amide bonds. The first kappa shape index (κ1) is 20.0. The zero-order valence-corrected chi connectivity index (χ0v) is 17.7. The standard InChI is InChI=1S/C21H23ClN4O2S/c1-2-18(14-7-9-16(22)10-8-14)23-19(27)13-29-21-25-24-20(15-5-6-15)26(21)12-17-4-3-11-28-17/h3-4,7-11,15,18H,2,5-6,12-13H2,1H3,(H,23,27). The summed E-state index contributed by atoms with van der Waals surface area (Å²) in [4.78, 5) is 12.6. The van der Waals surface area contributed by atoms with E-state index in [0.717, 1.165) is 41.6 Å². The minimum Gasteiger partial charge on any atom is -0.467 e. The molecule has 1 unspecified atom stereocenters. The van der Waals surface area contributed by atoms with Gasteiger partial charge in [-0.1, -0.05) is 42.4 Å². The van der Waals surface area contributed by atoms with Gasteiger partial charge in [-0.15, -0.1) is 10.2 Å². The third-order valence-electron chi connectivity index (χ3n) is 4.93. The number of nitrogens with zero attached hydrogens (tertiary/aromatic N) is 3. The molecule has 1 N–H and O–H groups in total. The van der Waals surface area contributed by atoms with Crippen LogP contribution in [-0.4, -0.2) is 26.4 Å². The minimum absolute atomic E-state index is 0.0303. The molecule has 0 saturated heterocycles. The van der Waals surface area contributed by atoms with Crippen LogP contribution in [0.25, 0.3) is 0 Å². The van der Waals surface area contributed by atoms with Crippen LogP contribution in [0, 0.1) is 0 Å². The number of halogens is 1. The van der Waals surface area contributed by atoms with Crippen LogP contribution in [0.15, 0.2) is 52.2 Å². The third kappa shape index (κ3) is 5.03. The molecule has 2 aromatic heterocycles. The number of thioether (sulfide) groups is 1. The lowest BCUT2D eigenvalue weighted by Gasteiger charge is -2.17. The molecule has 1 fully saturated rings. The predicted octanol–water partition coefficient (Wildman–Crippen LogP) is 4.81. The average molecular weight is 431 g/mol. The fourth-order valence-corrected chi connectivity index (χ4v) is 4.12. The molecule has 152 valence electrons. The third-order valence-corrected chi connectivity index (χ3v) is 6.15. The second-order valence-electron chi connectivity index (χ2n) is 7.15.